The summed E-state index contributed by atoms with van der Waals surface area (Å²) in [5, 5.41) is 18.3. The Balaban J connectivity index is 1.30. The molecule has 3 aromatic heterocycles. The molecular weight excluding hydrogens is 499 g/mol. The number of amides is 1. The van der Waals surface area contributed by atoms with Crippen LogP contribution in [0.1, 0.15) is 45.2 Å². The number of carbonyl (C=O) groups excluding carboxylic acids is 1. The number of rotatable bonds is 6. The third kappa shape index (κ3) is 6.17. The number of benzene rings is 1. The van der Waals surface area contributed by atoms with E-state index in [1.54, 1.807) is 52.4 Å². The van der Waals surface area contributed by atoms with Crippen molar-refractivity contribution in [1.82, 2.24) is 24.6 Å². The highest BCUT2D eigenvalue weighted by Crippen LogP contribution is 2.33. The van der Waals surface area contributed by atoms with Crippen molar-refractivity contribution in [3.8, 4) is 5.69 Å². The number of aromatic nitrogens is 4. The van der Waals surface area contributed by atoms with Gasteiger partial charge in [0.25, 0.3) is 0 Å². The second kappa shape index (κ2) is 11.0. The zero-order valence-electron chi connectivity index (χ0n) is 22.3. The molecule has 4 aromatic rings. The zero-order valence-corrected chi connectivity index (χ0v) is 22.3. The summed E-state index contributed by atoms with van der Waals surface area (Å²) in [4.78, 5) is 23.4. The number of piperidine rings is 1. The van der Waals surface area contributed by atoms with Crippen molar-refractivity contribution in [3.05, 3.63) is 72.6 Å². The summed E-state index contributed by atoms with van der Waals surface area (Å²) < 4.78 is 21.9. The van der Waals surface area contributed by atoms with E-state index in [2.05, 4.69) is 15.4 Å². The average Bonchev–Trinajstić information content (AvgIpc) is 3.45. The van der Waals surface area contributed by atoms with E-state index in [1.165, 1.54) is 6.07 Å². The van der Waals surface area contributed by atoms with Crippen LogP contribution in [0.4, 0.5) is 20.7 Å². The molecule has 9 nitrogen and oxygen atoms in total. The third-order valence-corrected chi connectivity index (χ3v) is 6.92. The largest absolute Gasteiger partial charge is 0.444 e. The number of anilines is 2. The van der Waals surface area contributed by atoms with Gasteiger partial charge in [-0.1, -0.05) is 0 Å². The molecule has 2 N–H and O–H groups in total. The number of halogens is 1. The standard InChI is InChI=1S/C29H33FN6O3/c1-29(2,3)39-28(38)35-13-9-19(10-14-35)22(18-37)24-7-5-20-17-31-27(16-26(20)33-24)34-25-8-6-21(15-23(25)30)36-12-4-11-32-36/h4-8,11-12,15-17,19,22,37H,9-10,13-14,18H2,1-3H3,(H,31,34). The number of nitrogens with one attached hydrogen (secondary N) is 1. The number of aliphatic hydroxyl groups is 1. The number of hydrogen-bond donors (Lipinski definition) is 2. The first-order chi connectivity index (χ1) is 18.7. The van der Waals surface area contributed by atoms with Crippen molar-refractivity contribution >= 4 is 28.5 Å². The first-order valence-corrected chi connectivity index (χ1v) is 13.1. The fourth-order valence-electron chi connectivity index (χ4n) is 4.91. The number of fused-ring (bicyclic) bond motifs is 1. The van der Waals surface area contributed by atoms with Crippen LogP contribution in [0, 0.1) is 11.7 Å². The maximum atomic E-state index is 14.8. The number of aliphatic hydroxyl groups excluding tert-OH is 1. The lowest BCUT2D eigenvalue weighted by Crippen LogP contribution is -2.43. The molecule has 10 heteroatoms. The minimum Gasteiger partial charge on any atom is -0.444 e. The highest BCUT2D eigenvalue weighted by Gasteiger charge is 2.31. The number of nitrogens with zero attached hydrogens (tertiary/aromatic N) is 5. The van der Waals surface area contributed by atoms with E-state index >= 15 is 0 Å². The van der Waals surface area contributed by atoms with Crippen molar-refractivity contribution in [2.75, 3.05) is 25.0 Å². The molecule has 5 rings (SSSR count). The molecular formula is C29H33FN6O3. The van der Waals surface area contributed by atoms with Crippen LogP contribution < -0.4 is 5.32 Å². The van der Waals surface area contributed by atoms with Gasteiger partial charge in [0.1, 0.15) is 17.2 Å². The molecule has 4 heterocycles. The molecule has 0 spiro atoms. The van der Waals surface area contributed by atoms with Gasteiger partial charge in [0.2, 0.25) is 0 Å². The summed E-state index contributed by atoms with van der Waals surface area (Å²) >= 11 is 0. The van der Waals surface area contributed by atoms with Crippen molar-refractivity contribution in [2.45, 2.75) is 45.1 Å². The Hall–Kier alpha value is -4.05. The van der Waals surface area contributed by atoms with E-state index < -0.39 is 11.4 Å². The van der Waals surface area contributed by atoms with E-state index in [0.717, 1.165) is 23.9 Å². The van der Waals surface area contributed by atoms with E-state index in [9.17, 15) is 14.3 Å². The molecule has 204 valence electrons. The molecule has 0 saturated carbocycles. The second-order valence-electron chi connectivity index (χ2n) is 10.8. The normalized spacial score (nSPS) is 15.4. The Kier molecular flexibility index (Phi) is 7.47. The highest BCUT2D eigenvalue weighted by molar-refractivity contribution is 5.81. The molecule has 1 amide bonds. The molecule has 1 aliphatic rings. The smallest absolute Gasteiger partial charge is 0.410 e. The van der Waals surface area contributed by atoms with Crippen LogP contribution >= 0.6 is 0 Å². The molecule has 1 atom stereocenters. The lowest BCUT2D eigenvalue weighted by atomic mass is 9.82. The van der Waals surface area contributed by atoms with Crippen LogP contribution in [-0.4, -0.2) is 61.1 Å². The Morgan fingerprint density at radius 1 is 1.21 bits per heavy atom. The maximum absolute atomic E-state index is 14.8. The van der Waals surface area contributed by atoms with Gasteiger partial charge in [-0.3, -0.25) is 4.98 Å². The Bertz CT molecular complexity index is 1450. The fraction of sp³-hybridized carbons (Fsp3) is 0.379. The van der Waals surface area contributed by atoms with Crippen LogP contribution in [0.5, 0.6) is 0 Å². The van der Waals surface area contributed by atoms with Crippen molar-refractivity contribution in [2.24, 2.45) is 5.92 Å². The summed E-state index contributed by atoms with van der Waals surface area (Å²) in [5.74, 6) is 0.0568. The molecule has 0 radical (unpaired) electrons. The molecule has 1 fully saturated rings. The number of hydrogen-bond acceptors (Lipinski definition) is 7. The van der Waals surface area contributed by atoms with E-state index in [4.69, 9.17) is 9.72 Å². The van der Waals surface area contributed by atoms with Gasteiger partial charge in [0.05, 0.1) is 23.5 Å². The predicted molar refractivity (Wildman–Crippen MR) is 147 cm³/mol. The monoisotopic (exact) mass is 532 g/mol. The summed E-state index contributed by atoms with van der Waals surface area (Å²) in [7, 11) is 0. The van der Waals surface area contributed by atoms with Gasteiger partial charge in [-0.2, -0.15) is 5.10 Å². The topological polar surface area (TPSA) is 105 Å². The van der Waals surface area contributed by atoms with E-state index in [1.807, 2.05) is 32.9 Å². The van der Waals surface area contributed by atoms with Crippen LogP contribution in [0.3, 0.4) is 0 Å². The van der Waals surface area contributed by atoms with Crippen LogP contribution in [-0.2, 0) is 4.74 Å². The Morgan fingerprint density at radius 2 is 2.00 bits per heavy atom. The molecule has 1 unspecified atom stereocenters. The number of carbonyl (C=O) groups is 1. The van der Waals surface area contributed by atoms with Crippen LogP contribution in [0.2, 0.25) is 0 Å². The average molecular weight is 533 g/mol. The van der Waals surface area contributed by atoms with Crippen molar-refractivity contribution < 1.29 is 19.0 Å². The quantitative estimate of drug-likeness (QED) is 0.342. The molecule has 39 heavy (non-hydrogen) atoms. The van der Waals surface area contributed by atoms with E-state index in [-0.39, 0.29) is 24.5 Å². The van der Waals surface area contributed by atoms with Crippen molar-refractivity contribution in [1.29, 1.82) is 0 Å². The summed E-state index contributed by atoms with van der Waals surface area (Å²) in [6.07, 6.45) is 6.28. The van der Waals surface area contributed by atoms with Crippen molar-refractivity contribution in [3.63, 3.8) is 0 Å². The lowest BCUT2D eigenvalue weighted by molar-refractivity contribution is 0.0164. The maximum Gasteiger partial charge on any atom is 0.410 e. The van der Waals surface area contributed by atoms with Crippen LogP contribution in [0.25, 0.3) is 16.6 Å². The Labute approximate surface area is 226 Å². The molecule has 1 aromatic carbocycles. The van der Waals surface area contributed by atoms with E-state index in [0.29, 0.717) is 35.8 Å². The van der Waals surface area contributed by atoms with Gasteiger partial charge in [-0.15, -0.1) is 0 Å². The highest BCUT2D eigenvalue weighted by atomic mass is 19.1. The first-order valence-electron chi connectivity index (χ1n) is 13.1. The SMILES string of the molecule is CC(C)(C)OC(=O)N1CCC(C(CO)c2ccc3cnc(Nc4ccc(-n5cccn5)cc4F)cc3n2)CC1. The molecule has 1 aliphatic heterocycles. The third-order valence-electron chi connectivity index (χ3n) is 6.92. The summed E-state index contributed by atoms with van der Waals surface area (Å²) in [6, 6.07) is 12.2. The summed E-state index contributed by atoms with van der Waals surface area (Å²) in [5.41, 5.74) is 1.86. The number of pyridine rings is 2. The number of ether oxygens (including phenoxy) is 1. The summed E-state index contributed by atoms with van der Waals surface area (Å²) in [6.45, 7) is 6.68. The second-order valence-corrected chi connectivity index (χ2v) is 10.8. The lowest BCUT2D eigenvalue weighted by Gasteiger charge is -2.36. The minimum absolute atomic E-state index is 0.0421. The van der Waals surface area contributed by atoms with Crippen LogP contribution in [0.15, 0.2) is 61.1 Å². The van der Waals surface area contributed by atoms with Gasteiger partial charge >= 0.3 is 6.09 Å². The molecule has 0 aliphatic carbocycles. The van der Waals surface area contributed by atoms with Gasteiger partial charge in [0.15, 0.2) is 0 Å². The van der Waals surface area contributed by atoms with Gasteiger partial charge in [-0.25, -0.2) is 18.9 Å². The minimum atomic E-state index is -0.533. The van der Waals surface area contributed by atoms with Gasteiger partial charge in [-0.05, 0) is 69.9 Å². The van der Waals surface area contributed by atoms with Gasteiger partial charge < -0.3 is 20.1 Å². The predicted octanol–water partition coefficient (Wildman–Crippen LogP) is 5.42. The number of likely N-dealkylation sites (tertiary alicyclic amines) is 1. The first kappa shape index (κ1) is 26.6. The molecule has 1 saturated heterocycles. The fourth-order valence-corrected chi connectivity index (χ4v) is 4.91. The van der Waals surface area contributed by atoms with Gasteiger partial charge in [0, 0.05) is 60.8 Å². The zero-order chi connectivity index (χ0) is 27.6. The molecule has 0 bridgehead atoms. The Morgan fingerprint density at radius 3 is 2.67 bits per heavy atom.